The summed E-state index contributed by atoms with van der Waals surface area (Å²) < 4.78 is 14.0. The molecule has 2 aliphatic rings. The fourth-order valence-electron chi connectivity index (χ4n) is 5.46. The number of rotatable bonds is 10. The Balaban J connectivity index is 1.09. The molecule has 2 saturated heterocycles. The molecule has 5 heterocycles. The highest BCUT2D eigenvalue weighted by molar-refractivity contribution is 5.85. The maximum absolute atomic E-state index is 11.4. The highest BCUT2D eigenvalue weighted by Gasteiger charge is 2.26. The van der Waals surface area contributed by atoms with E-state index in [-0.39, 0.29) is 6.10 Å². The number of hydrogen-bond donors (Lipinski definition) is 1. The maximum atomic E-state index is 11.4. The Labute approximate surface area is 233 Å². The second-order valence-corrected chi connectivity index (χ2v) is 10.4. The smallest absolute Gasteiger partial charge is 0.213 e. The number of fused-ring (bicyclic) bond motifs is 1. The van der Waals surface area contributed by atoms with Gasteiger partial charge in [0.2, 0.25) is 5.88 Å². The van der Waals surface area contributed by atoms with Crippen LogP contribution in [0.5, 0.6) is 5.88 Å². The van der Waals surface area contributed by atoms with E-state index in [1.165, 1.54) is 6.20 Å². The van der Waals surface area contributed by atoms with Crippen LogP contribution in [0.3, 0.4) is 0 Å². The second kappa shape index (κ2) is 12.0. The summed E-state index contributed by atoms with van der Waals surface area (Å²) in [6, 6.07) is 17.5. The number of nitrogens with two attached hydrogens (primary N) is 1. The minimum atomic E-state index is 0.213. The van der Waals surface area contributed by atoms with Crippen LogP contribution >= 0.6 is 0 Å². The van der Waals surface area contributed by atoms with Crippen LogP contribution in [0.25, 0.3) is 17.1 Å². The van der Waals surface area contributed by atoms with Gasteiger partial charge in [-0.25, -0.2) is 15.0 Å². The van der Waals surface area contributed by atoms with Crippen LogP contribution < -0.4 is 10.5 Å². The fraction of sp³-hybridized carbons (Fsp3) is 0.355. The molecule has 40 heavy (non-hydrogen) atoms. The number of aldehydes is 1. The molecule has 1 aromatic carbocycles. The molecule has 1 atom stereocenters. The molecule has 9 heteroatoms. The van der Waals surface area contributed by atoms with Crippen LogP contribution in [0.15, 0.2) is 60.8 Å². The molecule has 0 saturated carbocycles. The quantitative estimate of drug-likeness (QED) is 0.298. The Morgan fingerprint density at radius 2 is 1.88 bits per heavy atom. The zero-order valence-corrected chi connectivity index (χ0v) is 22.5. The first-order valence-electron chi connectivity index (χ1n) is 13.9. The minimum Gasteiger partial charge on any atom is -0.471 e. The van der Waals surface area contributed by atoms with Crippen molar-refractivity contribution in [3.05, 3.63) is 89.3 Å². The Morgan fingerprint density at radius 1 is 1.02 bits per heavy atom. The third kappa shape index (κ3) is 5.90. The lowest BCUT2D eigenvalue weighted by molar-refractivity contribution is -0.0592. The van der Waals surface area contributed by atoms with E-state index in [1.54, 1.807) is 6.08 Å². The summed E-state index contributed by atoms with van der Waals surface area (Å²) in [5.74, 6) is 2.02. The van der Waals surface area contributed by atoms with Gasteiger partial charge in [-0.05, 0) is 81.0 Å². The first-order chi connectivity index (χ1) is 19.7. The molecule has 2 N–H and O–H groups in total. The number of benzene rings is 1. The molecule has 3 aromatic heterocycles. The molecule has 0 bridgehead atoms. The largest absolute Gasteiger partial charge is 0.471 e. The third-order valence-electron chi connectivity index (χ3n) is 7.75. The van der Waals surface area contributed by atoms with Gasteiger partial charge in [0, 0.05) is 29.8 Å². The molecule has 4 aromatic rings. The van der Waals surface area contributed by atoms with Crippen LogP contribution in [-0.4, -0.2) is 56.5 Å². The van der Waals surface area contributed by atoms with Gasteiger partial charge in [-0.1, -0.05) is 12.1 Å². The van der Waals surface area contributed by atoms with Gasteiger partial charge in [0.25, 0.3) is 0 Å². The number of aromatic nitrogens is 4. The molecule has 1 unspecified atom stereocenters. The number of piperidine rings is 1. The molecule has 2 fully saturated rings. The predicted octanol–water partition coefficient (Wildman–Crippen LogP) is 4.32. The van der Waals surface area contributed by atoms with Crippen molar-refractivity contribution in [2.75, 3.05) is 19.7 Å². The van der Waals surface area contributed by atoms with Gasteiger partial charge in [-0.15, -0.1) is 0 Å². The van der Waals surface area contributed by atoms with Crippen LogP contribution in [0.1, 0.15) is 58.4 Å². The molecular weight excluding hydrogens is 504 g/mol. The van der Waals surface area contributed by atoms with E-state index >= 15 is 0 Å². The average molecular weight is 539 g/mol. The van der Waals surface area contributed by atoms with Gasteiger partial charge in [0.05, 0.1) is 41.6 Å². The van der Waals surface area contributed by atoms with Crippen molar-refractivity contribution in [1.82, 2.24) is 24.4 Å². The van der Waals surface area contributed by atoms with E-state index in [9.17, 15) is 4.79 Å². The van der Waals surface area contributed by atoms with Crippen LogP contribution in [0.2, 0.25) is 0 Å². The van der Waals surface area contributed by atoms with Crippen molar-refractivity contribution < 1.29 is 14.3 Å². The predicted molar refractivity (Wildman–Crippen MR) is 153 cm³/mol. The van der Waals surface area contributed by atoms with E-state index in [1.807, 2.05) is 48.5 Å². The normalized spacial score (nSPS) is 18.2. The number of pyridine rings is 2. The Bertz CT molecular complexity index is 1500. The number of imidazole rings is 1. The number of carbonyl (C=O) groups excluding carboxylic acids is 1. The highest BCUT2D eigenvalue weighted by Crippen LogP contribution is 2.30. The summed E-state index contributed by atoms with van der Waals surface area (Å²) >= 11 is 0. The minimum absolute atomic E-state index is 0.213. The molecule has 0 aliphatic carbocycles. The molecule has 206 valence electrons. The number of hydrogen-bond acceptors (Lipinski definition) is 8. The van der Waals surface area contributed by atoms with Crippen LogP contribution in [-0.2, 0) is 24.4 Å². The van der Waals surface area contributed by atoms with Gasteiger partial charge < -0.3 is 19.8 Å². The monoisotopic (exact) mass is 538 g/mol. The lowest BCUT2D eigenvalue weighted by Gasteiger charge is -2.32. The molecule has 0 amide bonds. The van der Waals surface area contributed by atoms with E-state index in [2.05, 4.69) is 20.5 Å². The molecule has 2 aliphatic heterocycles. The Morgan fingerprint density at radius 3 is 2.65 bits per heavy atom. The molecule has 9 nitrogen and oxygen atoms in total. The van der Waals surface area contributed by atoms with E-state index in [0.717, 1.165) is 92.3 Å². The molecule has 6 rings (SSSR count). The van der Waals surface area contributed by atoms with Gasteiger partial charge in [-0.2, -0.15) is 0 Å². The van der Waals surface area contributed by atoms with Crippen molar-refractivity contribution in [2.45, 2.75) is 51.0 Å². The number of likely N-dealkylation sites (tertiary alicyclic amines) is 1. The van der Waals surface area contributed by atoms with Gasteiger partial charge in [-0.3, -0.25) is 9.69 Å². The van der Waals surface area contributed by atoms with Gasteiger partial charge in [0.15, 0.2) is 0 Å². The number of carbonyl (C=O) groups is 1. The number of nitrogens with zero attached hydrogens (tertiary/aromatic N) is 5. The van der Waals surface area contributed by atoms with Crippen molar-refractivity contribution >= 4 is 23.4 Å². The molecular formula is C31H34N6O3. The summed E-state index contributed by atoms with van der Waals surface area (Å²) in [4.78, 5) is 28.2. The van der Waals surface area contributed by atoms with E-state index in [0.29, 0.717) is 24.0 Å². The lowest BCUT2D eigenvalue weighted by Crippen LogP contribution is -2.35. The van der Waals surface area contributed by atoms with E-state index in [4.69, 9.17) is 25.2 Å². The van der Waals surface area contributed by atoms with Crippen molar-refractivity contribution in [2.24, 2.45) is 5.73 Å². The topological polar surface area (TPSA) is 108 Å². The standard InChI is InChI=1S/C31H34N6O3/c32-13-9-24-3-1-4-25(33-24)21-40-31-6-2-5-27(35-31)23-10-14-36(15-11-23)19-30-34-28-8-7-22(20-38)17-29(28)37(30)18-26-12-16-39-26/h1-9,13,17,20,23,26H,10-12,14-16,18-19,21,32H2. The summed E-state index contributed by atoms with van der Waals surface area (Å²) in [6.07, 6.45) is 7.45. The number of ether oxygens (including phenoxy) is 2. The highest BCUT2D eigenvalue weighted by atomic mass is 16.5. The Hall–Kier alpha value is -4.08. The summed E-state index contributed by atoms with van der Waals surface area (Å²) in [5.41, 5.74) is 10.8. The zero-order valence-electron chi connectivity index (χ0n) is 22.5. The fourth-order valence-corrected chi connectivity index (χ4v) is 5.46. The summed E-state index contributed by atoms with van der Waals surface area (Å²) in [6.45, 7) is 4.63. The average Bonchev–Trinajstić information content (AvgIpc) is 3.30. The van der Waals surface area contributed by atoms with E-state index < -0.39 is 0 Å². The second-order valence-electron chi connectivity index (χ2n) is 10.4. The first kappa shape index (κ1) is 26.2. The van der Waals surface area contributed by atoms with Crippen LogP contribution in [0, 0.1) is 0 Å². The lowest BCUT2D eigenvalue weighted by atomic mass is 9.93. The van der Waals surface area contributed by atoms with Gasteiger partial charge in [0.1, 0.15) is 18.7 Å². The van der Waals surface area contributed by atoms with Crippen molar-refractivity contribution in [3.63, 3.8) is 0 Å². The zero-order chi connectivity index (χ0) is 27.3. The summed E-state index contributed by atoms with van der Waals surface area (Å²) in [7, 11) is 0. The van der Waals surface area contributed by atoms with Gasteiger partial charge >= 0.3 is 0 Å². The SMILES string of the molecule is NC=Cc1cccc(COc2cccc(C3CCN(Cc4nc5ccc(C=O)cc5n4CC4CCO4)CC3)n2)n1. The third-order valence-corrected chi connectivity index (χ3v) is 7.75. The summed E-state index contributed by atoms with van der Waals surface area (Å²) in [5, 5.41) is 0. The molecule has 0 spiro atoms. The first-order valence-corrected chi connectivity index (χ1v) is 13.9. The maximum Gasteiger partial charge on any atom is 0.213 e. The van der Waals surface area contributed by atoms with Crippen LogP contribution in [0.4, 0.5) is 0 Å². The van der Waals surface area contributed by atoms with Crippen molar-refractivity contribution in [1.29, 1.82) is 0 Å². The Kier molecular flexibility index (Phi) is 7.83. The molecule has 0 radical (unpaired) electrons. The van der Waals surface area contributed by atoms with Crippen molar-refractivity contribution in [3.8, 4) is 5.88 Å².